The fourth-order valence-electron chi connectivity index (χ4n) is 3.61. The number of hydrogen-bond donors (Lipinski definition) is 2. The summed E-state index contributed by atoms with van der Waals surface area (Å²) in [5.41, 5.74) is 8.61. The smallest absolute Gasteiger partial charge is 0.262 e. The van der Waals surface area contributed by atoms with Crippen molar-refractivity contribution >= 4 is 17.9 Å². The third-order valence-corrected chi connectivity index (χ3v) is 5.09. The zero-order valence-electron chi connectivity index (χ0n) is 19.6. The highest BCUT2D eigenvalue weighted by atomic mass is 16.5. The van der Waals surface area contributed by atoms with E-state index in [1.54, 1.807) is 31.4 Å². The third kappa shape index (κ3) is 6.60. The number of carbonyl (C=O) groups is 2. The molecule has 0 saturated carbocycles. The van der Waals surface area contributed by atoms with E-state index >= 15 is 0 Å². The number of amides is 2. The Morgan fingerprint density at radius 3 is 2.58 bits per heavy atom. The maximum absolute atomic E-state index is 12.7. The van der Waals surface area contributed by atoms with Crippen LogP contribution in [0.3, 0.4) is 0 Å². The van der Waals surface area contributed by atoms with Crippen molar-refractivity contribution in [2.24, 2.45) is 5.73 Å². The zero-order valence-corrected chi connectivity index (χ0v) is 19.6. The maximum atomic E-state index is 12.7. The van der Waals surface area contributed by atoms with Crippen LogP contribution in [0.15, 0.2) is 29.8 Å². The van der Waals surface area contributed by atoms with Crippen molar-refractivity contribution < 1.29 is 23.8 Å². The molecular weight excluding hydrogens is 424 g/mol. The number of nitriles is 1. The monoisotopic (exact) mass is 454 g/mol. The number of primary amides is 1. The van der Waals surface area contributed by atoms with Crippen LogP contribution in [0.25, 0.3) is 6.08 Å². The highest BCUT2D eigenvalue weighted by Gasteiger charge is 2.16. The SMILES string of the molecule is COCC(C)n1c(C)cc(/C=C(/C#N)C(=O)NCc2ccc(OCC(N)=O)c(OC)c2)c1C. The van der Waals surface area contributed by atoms with Crippen molar-refractivity contribution in [3.8, 4) is 17.6 Å². The van der Waals surface area contributed by atoms with E-state index in [0.717, 1.165) is 22.5 Å². The molecule has 1 unspecified atom stereocenters. The molecule has 2 rings (SSSR count). The zero-order chi connectivity index (χ0) is 24.5. The lowest BCUT2D eigenvalue weighted by Crippen LogP contribution is -2.24. The highest BCUT2D eigenvalue weighted by molar-refractivity contribution is 6.01. The molecule has 9 nitrogen and oxygen atoms in total. The Balaban J connectivity index is 2.15. The molecule has 0 spiro atoms. The largest absolute Gasteiger partial charge is 0.493 e. The summed E-state index contributed by atoms with van der Waals surface area (Å²) in [5, 5.41) is 12.3. The second-order valence-electron chi connectivity index (χ2n) is 7.59. The van der Waals surface area contributed by atoms with Crippen LogP contribution in [-0.4, -0.2) is 43.8 Å². The van der Waals surface area contributed by atoms with Crippen LogP contribution >= 0.6 is 0 Å². The van der Waals surface area contributed by atoms with Crippen molar-refractivity contribution in [2.75, 3.05) is 27.4 Å². The Morgan fingerprint density at radius 1 is 1.24 bits per heavy atom. The fourth-order valence-corrected chi connectivity index (χ4v) is 3.61. The second-order valence-corrected chi connectivity index (χ2v) is 7.59. The van der Waals surface area contributed by atoms with Gasteiger partial charge >= 0.3 is 0 Å². The van der Waals surface area contributed by atoms with Gasteiger partial charge in [0.2, 0.25) is 0 Å². The summed E-state index contributed by atoms with van der Waals surface area (Å²) in [5.74, 6) is -0.322. The van der Waals surface area contributed by atoms with E-state index in [1.165, 1.54) is 7.11 Å². The van der Waals surface area contributed by atoms with Gasteiger partial charge in [0.25, 0.3) is 11.8 Å². The number of benzene rings is 1. The average Bonchev–Trinajstić information content (AvgIpc) is 3.07. The first-order chi connectivity index (χ1) is 15.7. The van der Waals surface area contributed by atoms with Gasteiger partial charge in [0.1, 0.15) is 11.6 Å². The third-order valence-electron chi connectivity index (χ3n) is 5.09. The number of nitrogens with zero attached hydrogens (tertiary/aromatic N) is 2. The Hall–Kier alpha value is -3.77. The lowest BCUT2D eigenvalue weighted by atomic mass is 10.1. The van der Waals surface area contributed by atoms with Crippen molar-refractivity contribution in [3.05, 3.63) is 52.4 Å². The van der Waals surface area contributed by atoms with E-state index in [9.17, 15) is 14.9 Å². The molecular formula is C24H30N4O5. The molecule has 1 aromatic heterocycles. The van der Waals surface area contributed by atoms with E-state index in [4.69, 9.17) is 19.9 Å². The van der Waals surface area contributed by atoms with Crippen molar-refractivity contribution in [3.63, 3.8) is 0 Å². The molecule has 1 aromatic carbocycles. The molecule has 2 amide bonds. The van der Waals surface area contributed by atoms with Crippen molar-refractivity contribution in [2.45, 2.75) is 33.4 Å². The van der Waals surface area contributed by atoms with Crippen LogP contribution in [-0.2, 0) is 20.9 Å². The molecule has 2 aromatic rings. The number of carbonyl (C=O) groups excluding carboxylic acids is 2. The molecule has 0 fully saturated rings. The number of aromatic nitrogens is 1. The molecule has 1 atom stereocenters. The Morgan fingerprint density at radius 2 is 1.97 bits per heavy atom. The minimum absolute atomic E-state index is 0.00280. The summed E-state index contributed by atoms with van der Waals surface area (Å²) in [6.07, 6.45) is 1.59. The van der Waals surface area contributed by atoms with Crippen LogP contribution in [0.5, 0.6) is 11.5 Å². The number of hydrogen-bond acceptors (Lipinski definition) is 6. The van der Waals surface area contributed by atoms with Gasteiger partial charge in [0, 0.05) is 25.0 Å². The second kappa shape index (κ2) is 11.7. The minimum Gasteiger partial charge on any atom is -0.493 e. The summed E-state index contributed by atoms with van der Waals surface area (Å²) in [4.78, 5) is 23.6. The molecule has 0 saturated heterocycles. The molecule has 0 aliphatic heterocycles. The summed E-state index contributed by atoms with van der Waals surface area (Å²) < 4.78 is 17.9. The van der Waals surface area contributed by atoms with E-state index in [2.05, 4.69) is 9.88 Å². The van der Waals surface area contributed by atoms with Crippen LogP contribution in [0, 0.1) is 25.2 Å². The van der Waals surface area contributed by atoms with Gasteiger partial charge in [-0.05, 0) is 56.2 Å². The van der Waals surface area contributed by atoms with Gasteiger partial charge in [0.15, 0.2) is 18.1 Å². The van der Waals surface area contributed by atoms with Gasteiger partial charge < -0.3 is 29.8 Å². The first kappa shape index (κ1) is 25.5. The van der Waals surface area contributed by atoms with E-state index in [-0.39, 0.29) is 24.8 Å². The number of nitrogens with two attached hydrogens (primary N) is 1. The standard InChI is InChI=1S/C24H30N4O5/c1-15-8-19(17(3)28(15)16(2)13-31-4)10-20(11-25)24(30)27-12-18-6-7-21(22(9-18)32-5)33-14-23(26)29/h6-10,16H,12-14H2,1-5H3,(H2,26,29)(H,27,30)/b20-10-. The predicted molar refractivity (Wildman–Crippen MR) is 124 cm³/mol. The molecule has 9 heteroatoms. The molecule has 0 bridgehead atoms. The van der Waals surface area contributed by atoms with E-state index in [1.807, 2.05) is 32.9 Å². The number of ether oxygens (including phenoxy) is 3. The summed E-state index contributed by atoms with van der Waals surface area (Å²) in [6, 6.07) is 9.08. The van der Waals surface area contributed by atoms with Crippen molar-refractivity contribution in [1.82, 2.24) is 9.88 Å². The molecule has 33 heavy (non-hydrogen) atoms. The van der Waals surface area contributed by atoms with Crippen LogP contribution < -0.4 is 20.5 Å². The highest BCUT2D eigenvalue weighted by Crippen LogP contribution is 2.28. The molecule has 0 radical (unpaired) electrons. The van der Waals surface area contributed by atoms with Gasteiger partial charge in [-0.15, -0.1) is 0 Å². The normalized spacial score (nSPS) is 12.1. The molecule has 176 valence electrons. The predicted octanol–water partition coefficient (Wildman–Crippen LogP) is 2.41. The Bertz CT molecular complexity index is 1080. The fraction of sp³-hybridized carbons (Fsp3) is 0.375. The van der Waals surface area contributed by atoms with Gasteiger partial charge in [-0.2, -0.15) is 5.26 Å². The van der Waals surface area contributed by atoms with Crippen LogP contribution in [0.2, 0.25) is 0 Å². The number of aryl methyl sites for hydroxylation is 1. The minimum atomic E-state index is -0.599. The van der Waals surface area contributed by atoms with E-state index < -0.39 is 11.8 Å². The molecule has 0 aliphatic rings. The molecule has 1 heterocycles. The topological polar surface area (TPSA) is 129 Å². The molecule has 3 N–H and O–H groups in total. The average molecular weight is 455 g/mol. The number of nitrogens with one attached hydrogen (secondary N) is 1. The maximum Gasteiger partial charge on any atom is 0.262 e. The summed E-state index contributed by atoms with van der Waals surface area (Å²) in [7, 11) is 3.12. The van der Waals surface area contributed by atoms with Crippen LogP contribution in [0.1, 0.15) is 35.5 Å². The number of rotatable bonds is 11. The first-order valence-electron chi connectivity index (χ1n) is 10.4. The Kier molecular flexibility index (Phi) is 9.07. The lowest BCUT2D eigenvalue weighted by molar-refractivity contribution is -0.120. The quantitative estimate of drug-likeness (QED) is 0.396. The first-order valence-corrected chi connectivity index (χ1v) is 10.4. The lowest BCUT2D eigenvalue weighted by Gasteiger charge is -2.17. The van der Waals surface area contributed by atoms with Crippen molar-refractivity contribution in [1.29, 1.82) is 5.26 Å². The molecule has 0 aliphatic carbocycles. The summed E-state index contributed by atoms with van der Waals surface area (Å²) >= 11 is 0. The number of methoxy groups -OCH3 is 2. The van der Waals surface area contributed by atoms with Gasteiger partial charge in [-0.3, -0.25) is 9.59 Å². The van der Waals surface area contributed by atoms with Crippen LogP contribution in [0.4, 0.5) is 0 Å². The van der Waals surface area contributed by atoms with Gasteiger partial charge in [-0.1, -0.05) is 6.07 Å². The van der Waals surface area contributed by atoms with E-state index in [0.29, 0.717) is 18.1 Å². The summed E-state index contributed by atoms with van der Waals surface area (Å²) in [6.45, 7) is 6.44. The Labute approximate surface area is 193 Å². The van der Waals surface area contributed by atoms with Gasteiger partial charge in [0.05, 0.1) is 19.8 Å². The van der Waals surface area contributed by atoms with Gasteiger partial charge in [-0.25, -0.2) is 0 Å².